The second-order valence-corrected chi connectivity index (χ2v) is 6.92. The molecule has 0 bridgehead atoms. The van der Waals surface area contributed by atoms with E-state index in [9.17, 15) is 23.6 Å². The van der Waals surface area contributed by atoms with E-state index < -0.39 is 23.7 Å². The Morgan fingerprint density at radius 3 is 2.72 bits per heavy atom. The molecule has 1 fully saturated rings. The average molecular weight is 396 g/mol. The summed E-state index contributed by atoms with van der Waals surface area (Å²) in [5.41, 5.74) is 1.41. The van der Waals surface area contributed by atoms with Gasteiger partial charge in [-0.05, 0) is 36.2 Å². The Bertz CT molecular complexity index is 1020. The zero-order chi connectivity index (χ0) is 20.5. The highest BCUT2D eigenvalue weighted by atomic mass is 19.1. The van der Waals surface area contributed by atoms with E-state index in [0.29, 0.717) is 11.1 Å². The first kappa shape index (κ1) is 18.7. The molecule has 2 aromatic rings. The van der Waals surface area contributed by atoms with Gasteiger partial charge in [0.1, 0.15) is 11.9 Å². The maximum atomic E-state index is 14.5. The van der Waals surface area contributed by atoms with Crippen LogP contribution in [-0.4, -0.2) is 39.6 Å². The minimum absolute atomic E-state index is 0.0487. The Morgan fingerprint density at radius 1 is 1.24 bits per heavy atom. The normalized spacial score (nSPS) is 18.4. The first-order chi connectivity index (χ1) is 13.9. The van der Waals surface area contributed by atoms with E-state index in [2.05, 4.69) is 15.6 Å². The van der Waals surface area contributed by atoms with E-state index in [1.165, 1.54) is 23.4 Å². The van der Waals surface area contributed by atoms with Gasteiger partial charge in [0.15, 0.2) is 0 Å². The number of nitrogens with zero attached hydrogens (tertiary/aromatic N) is 2. The SMILES string of the molecule is O=C1CCC(N2Cc3cc(CNC(=O)c4ccncc4)c(F)cc3C2=O)C(=O)N1. The van der Waals surface area contributed by atoms with Crippen molar-refractivity contribution in [2.24, 2.45) is 0 Å². The van der Waals surface area contributed by atoms with Crippen LogP contribution in [0, 0.1) is 5.82 Å². The number of hydrogen-bond donors (Lipinski definition) is 2. The Hall–Kier alpha value is -3.62. The van der Waals surface area contributed by atoms with Crippen LogP contribution in [0.5, 0.6) is 0 Å². The first-order valence-corrected chi connectivity index (χ1v) is 9.08. The van der Waals surface area contributed by atoms with Gasteiger partial charge in [-0.15, -0.1) is 0 Å². The zero-order valence-electron chi connectivity index (χ0n) is 15.3. The van der Waals surface area contributed by atoms with Gasteiger partial charge in [0.25, 0.3) is 11.8 Å². The Morgan fingerprint density at radius 2 is 2.00 bits per heavy atom. The van der Waals surface area contributed by atoms with Crippen molar-refractivity contribution >= 4 is 23.6 Å². The van der Waals surface area contributed by atoms with E-state index >= 15 is 0 Å². The third-order valence-electron chi connectivity index (χ3n) is 5.07. The second-order valence-electron chi connectivity index (χ2n) is 6.92. The van der Waals surface area contributed by atoms with Crippen LogP contribution in [0.15, 0.2) is 36.7 Å². The Balaban J connectivity index is 1.49. The summed E-state index contributed by atoms with van der Waals surface area (Å²) in [6.07, 6.45) is 3.36. The predicted molar refractivity (Wildman–Crippen MR) is 97.9 cm³/mol. The van der Waals surface area contributed by atoms with Crippen LogP contribution in [0.3, 0.4) is 0 Å². The molecule has 1 unspecified atom stereocenters. The quantitative estimate of drug-likeness (QED) is 0.747. The van der Waals surface area contributed by atoms with Gasteiger partial charge in [0.2, 0.25) is 11.8 Å². The number of imide groups is 1. The van der Waals surface area contributed by atoms with Crippen molar-refractivity contribution in [2.75, 3.05) is 0 Å². The number of aromatic nitrogens is 1. The van der Waals surface area contributed by atoms with Crippen LogP contribution in [-0.2, 0) is 22.7 Å². The highest BCUT2D eigenvalue weighted by molar-refractivity contribution is 6.05. The summed E-state index contributed by atoms with van der Waals surface area (Å²) >= 11 is 0. The minimum atomic E-state index is -0.759. The van der Waals surface area contributed by atoms with Gasteiger partial charge in [0.05, 0.1) is 0 Å². The van der Waals surface area contributed by atoms with Crippen LogP contribution in [0.4, 0.5) is 4.39 Å². The first-order valence-electron chi connectivity index (χ1n) is 9.08. The predicted octanol–water partition coefficient (Wildman–Crippen LogP) is 0.912. The molecule has 0 aliphatic carbocycles. The van der Waals surface area contributed by atoms with Crippen LogP contribution in [0.25, 0.3) is 0 Å². The number of carbonyl (C=O) groups excluding carboxylic acids is 4. The molecule has 2 aliphatic rings. The molecule has 1 atom stereocenters. The number of fused-ring (bicyclic) bond motifs is 1. The lowest BCUT2D eigenvalue weighted by Gasteiger charge is -2.29. The molecule has 0 spiro atoms. The van der Waals surface area contributed by atoms with Crippen LogP contribution >= 0.6 is 0 Å². The zero-order valence-corrected chi connectivity index (χ0v) is 15.3. The van der Waals surface area contributed by atoms with Gasteiger partial charge in [-0.3, -0.25) is 29.5 Å². The third-order valence-corrected chi connectivity index (χ3v) is 5.07. The number of pyridine rings is 1. The lowest BCUT2D eigenvalue weighted by Crippen LogP contribution is -2.52. The van der Waals surface area contributed by atoms with E-state index in [-0.39, 0.29) is 48.9 Å². The van der Waals surface area contributed by atoms with Gasteiger partial charge in [-0.25, -0.2) is 4.39 Å². The summed E-state index contributed by atoms with van der Waals surface area (Å²) in [5, 5.41) is 4.87. The molecule has 8 nitrogen and oxygen atoms in total. The number of nitrogens with one attached hydrogen (secondary N) is 2. The van der Waals surface area contributed by atoms with Crippen molar-refractivity contribution in [1.82, 2.24) is 20.5 Å². The summed E-state index contributed by atoms with van der Waals surface area (Å²) in [6, 6.07) is 5.00. The van der Waals surface area contributed by atoms with Gasteiger partial charge in [0, 0.05) is 48.6 Å². The van der Waals surface area contributed by atoms with Crippen molar-refractivity contribution < 1.29 is 23.6 Å². The molecule has 1 aromatic heterocycles. The summed E-state index contributed by atoms with van der Waals surface area (Å²) in [7, 11) is 0. The van der Waals surface area contributed by atoms with Crippen molar-refractivity contribution in [3.8, 4) is 0 Å². The number of piperidine rings is 1. The Kier molecular flexibility index (Phi) is 4.79. The standard InChI is InChI=1S/C20H17FN4O4/c21-15-8-14-13(7-12(15)9-23-18(27)11-3-5-22-6-4-11)10-25(20(14)29)16-1-2-17(26)24-19(16)28/h3-8,16H,1-2,9-10H2,(H,23,27)(H,24,26,28). The van der Waals surface area contributed by atoms with E-state index in [1.807, 2.05) is 0 Å². The molecule has 148 valence electrons. The molecule has 9 heteroatoms. The van der Waals surface area contributed by atoms with Crippen molar-refractivity contribution in [3.05, 3.63) is 64.7 Å². The van der Waals surface area contributed by atoms with E-state index in [0.717, 1.165) is 6.07 Å². The molecule has 0 radical (unpaired) electrons. The molecule has 2 aliphatic heterocycles. The lowest BCUT2D eigenvalue weighted by atomic mass is 10.0. The summed E-state index contributed by atoms with van der Waals surface area (Å²) in [6.45, 7) is 0.0961. The Labute approximate surface area is 165 Å². The lowest BCUT2D eigenvalue weighted by molar-refractivity contribution is -0.136. The molecule has 4 amide bonds. The van der Waals surface area contributed by atoms with Crippen LogP contribution in [0.2, 0.25) is 0 Å². The summed E-state index contributed by atoms with van der Waals surface area (Å²) in [5.74, 6) is -2.31. The molecule has 1 aromatic carbocycles. The second kappa shape index (κ2) is 7.42. The maximum Gasteiger partial charge on any atom is 0.255 e. The fraction of sp³-hybridized carbons (Fsp3) is 0.250. The number of amides is 4. The maximum absolute atomic E-state index is 14.5. The molecule has 29 heavy (non-hydrogen) atoms. The number of hydrogen-bond acceptors (Lipinski definition) is 5. The van der Waals surface area contributed by atoms with Gasteiger partial charge >= 0.3 is 0 Å². The monoisotopic (exact) mass is 396 g/mol. The molecular weight excluding hydrogens is 379 g/mol. The fourth-order valence-corrected chi connectivity index (χ4v) is 3.56. The molecular formula is C20H17FN4O4. The van der Waals surface area contributed by atoms with Crippen LogP contribution < -0.4 is 10.6 Å². The number of carbonyl (C=O) groups is 4. The van der Waals surface area contributed by atoms with Crippen molar-refractivity contribution in [2.45, 2.75) is 32.0 Å². The van der Waals surface area contributed by atoms with E-state index in [4.69, 9.17) is 0 Å². The van der Waals surface area contributed by atoms with E-state index in [1.54, 1.807) is 12.1 Å². The van der Waals surface area contributed by atoms with Gasteiger partial charge in [-0.2, -0.15) is 0 Å². The summed E-state index contributed by atoms with van der Waals surface area (Å²) in [4.78, 5) is 53.4. The largest absolute Gasteiger partial charge is 0.348 e. The molecule has 2 N–H and O–H groups in total. The molecule has 1 saturated heterocycles. The smallest absolute Gasteiger partial charge is 0.255 e. The van der Waals surface area contributed by atoms with Gasteiger partial charge < -0.3 is 10.2 Å². The number of benzene rings is 1. The average Bonchev–Trinajstić information content (AvgIpc) is 3.02. The molecule has 3 heterocycles. The van der Waals surface area contributed by atoms with Crippen LogP contribution in [0.1, 0.15) is 44.7 Å². The van der Waals surface area contributed by atoms with Gasteiger partial charge in [-0.1, -0.05) is 0 Å². The summed E-state index contributed by atoms with van der Waals surface area (Å²) < 4.78 is 14.5. The highest BCUT2D eigenvalue weighted by Crippen LogP contribution is 2.29. The number of rotatable bonds is 4. The van der Waals surface area contributed by atoms with Crippen molar-refractivity contribution in [1.29, 1.82) is 0 Å². The highest BCUT2D eigenvalue weighted by Gasteiger charge is 2.39. The third kappa shape index (κ3) is 3.58. The van der Waals surface area contributed by atoms with Crippen molar-refractivity contribution in [3.63, 3.8) is 0 Å². The molecule has 4 rings (SSSR count). The minimum Gasteiger partial charge on any atom is -0.348 e. The fourth-order valence-electron chi connectivity index (χ4n) is 3.56. The molecule has 0 saturated carbocycles. The topological polar surface area (TPSA) is 108 Å². The number of halogens is 1.